The monoisotopic (exact) mass is 247 g/mol. The van der Waals surface area contributed by atoms with Gasteiger partial charge in [0.2, 0.25) is 0 Å². The van der Waals surface area contributed by atoms with Crippen molar-refractivity contribution in [1.82, 2.24) is 4.90 Å². The average Bonchev–Trinajstić information content (AvgIpc) is 2.56. The van der Waals surface area contributed by atoms with Crippen LogP contribution in [0.15, 0.2) is 0 Å². The number of likely N-dealkylation sites (tertiary alicyclic amines) is 1. The highest BCUT2D eigenvalue weighted by Gasteiger charge is 2.42. The standard InChI is InChI=1S/C11H18FNO4/c1-11(2,3)17-10(15)13-6-7(12)5-8(13)9(14)16-4/h7-8H,5-6H2,1-4H3/t7-,8-/m0/s1. The third kappa shape index (κ3) is 3.57. The van der Waals surface area contributed by atoms with Gasteiger partial charge in [0.25, 0.3) is 0 Å². The number of hydrogen-bond donors (Lipinski definition) is 0. The summed E-state index contributed by atoms with van der Waals surface area (Å²) in [4.78, 5) is 24.3. The molecular weight excluding hydrogens is 229 g/mol. The first-order valence-corrected chi connectivity index (χ1v) is 5.46. The molecule has 0 aromatic heterocycles. The Hall–Kier alpha value is -1.33. The minimum atomic E-state index is -1.22. The molecule has 6 heteroatoms. The predicted molar refractivity (Wildman–Crippen MR) is 58.3 cm³/mol. The number of carbonyl (C=O) groups excluding carboxylic acids is 2. The largest absolute Gasteiger partial charge is 0.467 e. The second-order valence-corrected chi connectivity index (χ2v) is 5.00. The quantitative estimate of drug-likeness (QED) is 0.659. The number of amides is 1. The molecule has 1 rings (SSSR count). The van der Waals surface area contributed by atoms with Gasteiger partial charge in [0, 0.05) is 6.42 Å². The molecule has 0 unspecified atom stereocenters. The Kier molecular flexibility index (Phi) is 3.95. The van der Waals surface area contributed by atoms with Crippen LogP contribution in [0.25, 0.3) is 0 Å². The summed E-state index contributed by atoms with van der Waals surface area (Å²) in [6.45, 7) is 5.00. The molecule has 0 N–H and O–H groups in total. The molecule has 0 aromatic carbocycles. The van der Waals surface area contributed by atoms with Crippen LogP contribution in [0.1, 0.15) is 27.2 Å². The van der Waals surface area contributed by atoms with Crippen LogP contribution < -0.4 is 0 Å². The molecule has 1 amide bonds. The van der Waals surface area contributed by atoms with Crippen LogP contribution in [0.3, 0.4) is 0 Å². The number of hydrogen-bond acceptors (Lipinski definition) is 4. The summed E-state index contributed by atoms with van der Waals surface area (Å²) in [6.07, 6.45) is -1.94. The Balaban J connectivity index is 2.73. The van der Waals surface area contributed by atoms with Crippen molar-refractivity contribution in [2.75, 3.05) is 13.7 Å². The minimum absolute atomic E-state index is 0.0358. The molecule has 1 aliphatic heterocycles. The van der Waals surface area contributed by atoms with Gasteiger partial charge in [0.15, 0.2) is 0 Å². The molecule has 5 nitrogen and oxygen atoms in total. The van der Waals surface area contributed by atoms with Gasteiger partial charge in [-0.1, -0.05) is 0 Å². The van der Waals surface area contributed by atoms with Crippen molar-refractivity contribution in [2.45, 2.75) is 45.0 Å². The lowest BCUT2D eigenvalue weighted by molar-refractivity contribution is -0.145. The Morgan fingerprint density at radius 2 is 1.94 bits per heavy atom. The number of carbonyl (C=O) groups is 2. The van der Waals surface area contributed by atoms with Gasteiger partial charge in [0.1, 0.15) is 17.8 Å². The summed E-state index contributed by atoms with van der Waals surface area (Å²) < 4.78 is 22.9. The predicted octanol–water partition coefficient (Wildman–Crippen LogP) is 1.51. The smallest absolute Gasteiger partial charge is 0.411 e. The van der Waals surface area contributed by atoms with Crippen molar-refractivity contribution < 1.29 is 23.5 Å². The summed E-state index contributed by atoms with van der Waals surface area (Å²) in [7, 11) is 1.21. The molecule has 1 saturated heterocycles. The molecule has 0 radical (unpaired) electrons. The molecule has 1 heterocycles. The molecule has 0 saturated carbocycles. The lowest BCUT2D eigenvalue weighted by Gasteiger charge is -2.27. The van der Waals surface area contributed by atoms with Crippen molar-refractivity contribution >= 4 is 12.1 Å². The van der Waals surface area contributed by atoms with Crippen LogP contribution in [0.4, 0.5) is 9.18 Å². The van der Waals surface area contributed by atoms with Crippen LogP contribution >= 0.6 is 0 Å². The summed E-state index contributed by atoms with van der Waals surface area (Å²) in [5.41, 5.74) is -0.674. The second-order valence-electron chi connectivity index (χ2n) is 5.00. The van der Waals surface area contributed by atoms with Gasteiger partial charge < -0.3 is 9.47 Å². The van der Waals surface area contributed by atoms with Crippen molar-refractivity contribution in [3.8, 4) is 0 Å². The fourth-order valence-electron chi connectivity index (χ4n) is 1.67. The van der Waals surface area contributed by atoms with E-state index >= 15 is 0 Å². The molecule has 98 valence electrons. The average molecular weight is 247 g/mol. The van der Waals surface area contributed by atoms with Crippen molar-refractivity contribution in [3.63, 3.8) is 0 Å². The lowest BCUT2D eigenvalue weighted by Crippen LogP contribution is -2.43. The van der Waals surface area contributed by atoms with E-state index < -0.39 is 29.9 Å². The summed E-state index contributed by atoms with van der Waals surface area (Å²) >= 11 is 0. The van der Waals surface area contributed by atoms with Crippen LogP contribution in [0.2, 0.25) is 0 Å². The number of nitrogens with zero attached hydrogens (tertiary/aromatic N) is 1. The second kappa shape index (κ2) is 4.89. The van der Waals surface area contributed by atoms with E-state index in [0.717, 1.165) is 4.90 Å². The summed E-state index contributed by atoms with van der Waals surface area (Å²) in [5, 5.41) is 0. The molecule has 0 bridgehead atoms. The summed E-state index contributed by atoms with van der Waals surface area (Å²) in [6, 6.07) is -0.884. The van der Waals surface area contributed by atoms with Gasteiger partial charge in [-0.15, -0.1) is 0 Å². The zero-order valence-corrected chi connectivity index (χ0v) is 10.5. The van der Waals surface area contributed by atoms with E-state index in [4.69, 9.17) is 4.74 Å². The molecule has 0 aromatic rings. The minimum Gasteiger partial charge on any atom is -0.467 e. The van der Waals surface area contributed by atoms with Gasteiger partial charge in [-0.3, -0.25) is 4.90 Å². The van der Waals surface area contributed by atoms with E-state index in [9.17, 15) is 14.0 Å². The van der Waals surface area contributed by atoms with Crippen molar-refractivity contribution in [2.24, 2.45) is 0 Å². The first-order valence-electron chi connectivity index (χ1n) is 5.46. The number of halogens is 1. The number of ether oxygens (including phenoxy) is 2. The maximum Gasteiger partial charge on any atom is 0.411 e. The van der Waals surface area contributed by atoms with Gasteiger partial charge >= 0.3 is 12.1 Å². The Morgan fingerprint density at radius 1 is 1.35 bits per heavy atom. The van der Waals surface area contributed by atoms with Gasteiger partial charge in [0.05, 0.1) is 13.7 Å². The van der Waals surface area contributed by atoms with E-state index in [0.29, 0.717) is 0 Å². The fourth-order valence-corrected chi connectivity index (χ4v) is 1.67. The number of alkyl halides is 1. The molecule has 1 fully saturated rings. The molecule has 1 aliphatic rings. The SMILES string of the molecule is COC(=O)[C@@H]1C[C@H](F)CN1C(=O)OC(C)(C)C. The number of esters is 1. The Morgan fingerprint density at radius 3 is 2.41 bits per heavy atom. The molecule has 0 aliphatic carbocycles. The Bertz CT molecular complexity index is 313. The van der Waals surface area contributed by atoms with Crippen LogP contribution in [0, 0.1) is 0 Å². The summed E-state index contributed by atoms with van der Waals surface area (Å²) in [5.74, 6) is -0.615. The van der Waals surface area contributed by atoms with E-state index in [1.165, 1.54) is 7.11 Å². The van der Waals surface area contributed by atoms with E-state index in [2.05, 4.69) is 4.74 Å². The maximum absolute atomic E-state index is 13.3. The maximum atomic E-state index is 13.3. The van der Waals surface area contributed by atoms with Gasteiger partial charge in [-0.2, -0.15) is 0 Å². The Labute approximate surface area is 99.9 Å². The zero-order valence-electron chi connectivity index (χ0n) is 10.5. The van der Waals surface area contributed by atoms with E-state index in [1.54, 1.807) is 20.8 Å². The van der Waals surface area contributed by atoms with Crippen LogP contribution in [-0.2, 0) is 14.3 Å². The number of rotatable bonds is 1. The number of methoxy groups -OCH3 is 1. The van der Waals surface area contributed by atoms with Crippen molar-refractivity contribution in [1.29, 1.82) is 0 Å². The lowest BCUT2D eigenvalue weighted by atomic mass is 10.2. The fraction of sp³-hybridized carbons (Fsp3) is 0.818. The zero-order chi connectivity index (χ0) is 13.2. The molecule has 2 atom stereocenters. The van der Waals surface area contributed by atoms with Crippen LogP contribution in [-0.4, -0.2) is 48.4 Å². The van der Waals surface area contributed by atoms with E-state index in [1.807, 2.05) is 0 Å². The topological polar surface area (TPSA) is 55.8 Å². The van der Waals surface area contributed by atoms with E-state index in [-0.39, 0.29) is 13.0 Å². The highest BCUT2D eigenvalue weighted by atomic mass is 19.1. The van der Waals surface area contributed by atoms with Crippen molar-refractivity contribution in [3.05, 3.63) is 0 Å². The van der Waals surface area contributed by atoms with Gasteiger partial charge in [-0.25, -0.2) is 14.0 Å². The van der Waals surface area contributed by atoms with Crippen LogP contribution in [0.5, 0.6) is 0 Å². The highest BCUT2D eigenvalue weighted by Crippen LogP contribution is 2.23. The normalized spacial score (nSPS) is 24.6. The van der Waals surface area contributed by atoms with Gasteiger partial charge in [-0.05, 0) is 20.8 Å². The third-order valence-corrected chi connectivity index (χ3v) is 2.35. The highest BCUT2D eigenvalue weighted by molar-refractivity contribution is 5.82. The molecular formula is C11H18FNO4. The third-order valence-electron chi connectivity index (χ3n) is 2.35. The first kappa shape index (κ1) is 13.7. The first-order chi connectivity index (χ1) is 7.74. The molecule has 17 heavy (non-hydrogen) atoms. The molecule has 0 spiro atoms.